The number of anilines is 1. The molecule has 138 valence electrons. The number of nitrogens with one attached hydrogen (secondary N) is 1. The Morgan fingerprint density at radius 1 is 1.32 bits per heavy atom. The number of likely N-dealkylation sites (tertiary alicyclic amines) is 1. The first-order chi connectivity index (χ1) is 12.0. The molecule has 3 rings (SSSR count). The second kappa shape index (κ2) is 7.66. The van der Waals surface area contributed by atoms with Crippen LogP contribution in [0.15, 0.2) is 18.5 Å². The lowest BCUT2D eigenvalue weighted by molar-refractivity contribution is -0.126. The lowest BCUT2D eigenvalue weighted by Gasteiger charge is -2.33. The molecule has 2 aliphatic heterocycles. The van der Waals surface area contributed by atoms with E-state index in [4.69, 9.17) is 0 Å². The third-order valence-corrected chi connectivity index (χ3v) is 5.27. The molecule has 2 saturated heterocycles. The maximum atomic E-state index is 12.7. The number of rotatable bonds is 6. The van der Waals surface area contributed by atoms with Crippen molar-refractivity contribution in [1.29, 1.82) is 0 Å². The highest BCUT2D eigenvalue weighted by Crippen LogP contribution is 2.38. The number of aromatic nitrogens is 2. The molecule has 25 heavy (non-hydrogen) atoms. The van der Waals surface area contributed by atoms with E-state index in [0.29, 0.717) is 24.5 Å². The van der Waals surface area contributed by atoms with E-state index < -0.39 is 0 Å². The summed E-state index contributed by atoms with van der Waals surface area (Å²) in [5, 5.41) is 3.11. The number of amides is 1. The minimum Gasteiger partial charge on any atom is -0.353 e. The molecule has 0 aromatic carbocycles. The van der Waals surface area contributed by atoms with Gasteiger partial charge in [-0.1, -0.05) is 0 Å². The maximum Gasteiger partial charge on any atom is 0.237 e. The van der Waals surface area contributed by atoms with Crippen molar-refractivity contribution in [2.24, 2.45) is 5.92 Å². The minimum absolute atomic E-state index is 0.0176. The van der Waals surface area contributed by atoms with Crippen molar-refractivity contribution in [3.8, 4) is 0 Å². The van der Waals surface area contributed by atoms with Gasteiger partial charge in [-0.3, -0.25) is 9.69 Å². The van der Waals surface area contributed by atoms with E-state index in [0.717, 1.165) is 32.0 Å². The highest BCUT2D eigenvalue weighted by atomic mass is 16.2. The number of fused-ring (bicyclic) bond motifs is 1. The first kappa shape index (κ1) is 18.1. The maximum absolute atomic E-state index is 12.7. The fraction of sp³-hybridized carbons (Fsp3) is 0.722. The van der Waals surface area contributed by atoms with Gasteiger partial charge in [-0.15, -0.1) is 0 Å². The van der Waals surface area contributed by atoms with Crippen LogP contribution in [0.5, 0.6) is 0 Å². The van der Waals surface area contributed by atoms with Gasteiger partial charge < -0.3 is 15.1 Å². The number of carbonyl (C=O) groups excluding carboxylic acids is 1. The largest absolute Gasteiger partial charge is 0.353 e. The Labute approximate surface area is 150 Å². The van der Waals surface area contributed by atoms with Crippen LogP contribution in [0.25, 0.3) is 0 Å². The summed E-state index contributed by atoms with van der Waals surface area (Å²) in [5.74, 6) is 1.47. The Morgan fingerprint density at radius 2 is 2.04 bits per heavy atom. The van der Waals surface area contributed by atoms with Crippen LogP contribution in [0.1, 0.15) is 20.3 Å². The van der Waals surface area contributed by atoms with Gasteiger partial charge >= 0.3 is 0 Å². The third kappa shape index (κ3) is 3.93. The van der Waals surface area contributed by atoms with Crippen LogP contribution < -0.4 is 10.2 Å². The molecular weight excluding hydrogens is 316 g/mol. The molecule has 1 aromatic rings. The van der Waals surface area contributed by atoms with Crippen molar-refractivity contribution in [2.45, 2.75) is 38.4 Å². The summed E-state index contributed by atoms with van der Waals surface area (Å²) in [7, 11) is 4.04. The van der Waals surface area contributed by atoms with Crippen LogP contribution in [-0.2, 0) is 4.79 Å². The van der Waals surface area contributed by atoms with Gasteiger partial charge in [0.2, 0.25) is 11.9 Å². The minimum atomic E-state index is -0.0176. The average molecular weight is 346 g/mol. The van der Waals surface area contributed by atoms with Crippen molar-refractivity contribution in [3.63, 3.8) is 0 Å². The summed E-state index contributed by atoms with van der Waals surface area (Å²) in [5.41, 5.74) is 0. The molecule has 0 bridgehead atoms. The number of hydrogen-bond donors (Lipinski definition) is 1. The van der Waals surface area contributed by atoms with E-state index in [-0.39, 0.29) is 11.9 Å². The molecule has 1 aromatic heterocycles. The van der Waals surface area contributed by atoms with Crippen molar-refractivity contribution in [3.05, 3.63) is 18.5 Å². The van der Waals surface area contributed by atoms with Gasteiger partial charge in [0.25, 0.3) is 0 Å². The predicted octanol–water partition coefficient (Wildman–Crippen LogP) is 0.442. The van der Waals surface area contributed by atoms with Gasteiger partial charge in [-0.2, -0.15) is 0 Å². The highest BCUT2D eigenvalue weighted by molar-refractivity contribution is 5.82. The van der Waals surface area contributed by atoms with E-state index in [2.05, 4.69) is 43.8 Å². The van der Waals surface area contributed by atoms with Gasteiger partial charge in [0.15, 0.2) is 0 Å². The molecule has 3 atom stereocenters. The van der Waals surface area contributed by atoms with E-state index in [1.165, 1.54) is 0 Å². The molecule has 0 spiro atoms. The third-order valence-electron chi connectivity index (χ3n) is 5.27. The average Bonchev–Trinajstić information content (AvgIpc) is 3.12. The Kier molecular flexibility index (Phi) is 5.54. The van der Waals surface area contributed by atoms with E-state index in [9.17, 15) is 4.79 Å². The number of nitrogens with zero attached hydrogens (tertiary/aromatic N) is 5. The Balaban J connectivity index is 1.65. The predicted molar refractivity (Wildman–Crippen MR) is 98.5 cm³/mol. The fourth-order valence-corrected chi connectivity index (χ4v) is 4.19. The van der Waals surface area contributed by atoms with E-state index >= 15 is 0 Å². The Hall–Kier alpha value is -1.73. The van der Waals surface area contributed by atoms with Crippen LogP contribution in [0, 0.1) is 5.92 Å². The number of likely N-dealkylation sites (N-methyl/N-ethyl adjacent to an activating group) is 1. The van der Waals surface area contributed by atoms with Gasteiger partial charge in [0.05, 0.1) is 6.04 Å². The Bertz CT molecular complexity index is 578. The van der Waals surface area contributed by atoms with Crippen molar-refractivity contribution >= 4 is 11.9 Å². The second-order valence-electron chi connectivity index (χ2n) is 7.67. The van der Waals surface area contributed by atoms with Crippen LogP contribution >= 0.6 is 0 Å². The fourth-order valence-electron chi connectivity index (χ4n) is 4.19. The summed E-state index contributed by atoms with van der Waals surface area (Å²) in [4.78, 5) is 28.2. The molecule has 0 aliphatic carbocycles. The molecule has 0 saturated carbocycles. The zero-order valence-electron chi connectivity index (χ0n) is 15.7. The topological polar surface area (TPSA) is 64.6 Å². The summed E-state index contributed by atoms with van der Waals surface area (Å²) in [6.07, 6.45) is 4.50. The summed E-state index contributed by atoms with van der Waals surface area (Å²) >= 11 is 0. The molecule has 1 amide bonds. The first-order valence-electron chi connectivity index (χ1n) is 9.19. The van der Waals surface area contributed by atoms with Crippen molar-refractivity contribution in [1.82, 2.24) is 25.1 Å². The lowest BCUT2D eigenvalue weighted by atomic mass is 10.0. The van der Waals surface area contributed by atoms with Crippen molar-refractivity contribution in [2.75, 3.05) is 45.2 Å². The molecule has 0 unspecified atom stereocenters. The molecule has 2 fully saturated rings. The van der Waals surface area contributed by atoms with Gasteiger partial charge in [-0.25, -0.2) is 9.97 Å². The standard InChI is InChI=1S/C18H30N6O/c1-13(2)24-15(17(25)19-8-9-22(3)4)10-14-11-23(12-16(14)24)18-20-6-5-7-21-18/h5-7,13-16H,8-12H2,1-4H3,(H,19,25)/t14-,15+,16+/m0/s1. The molecule has 7 nitrogen and oxygen atoms in total. The van der Waals surface area contributed by atoms with E-state index in [1.807, 2.05) is 20.2 Å². The zero-order chi connectivity index (χ0) is 18.0. The van der Waals surface area contributed by atoms with Crippen LogP contribution in [0.4, 0.5) is 5.95 Å². The molecule has 2 aliphatic rings. The van der Waals surface area contributed by atoms with E-state index in [1.54, 1.807) is 12.4 Å². The first-order valence-corrected chi connectivity index (χ1v) is 9.19. The van der Waals surface area contributed by atoms with Crippen LogP contribution in [0.2, 0.25) is 0 Å². The van der Waals surface area contributed by atoms with Crippen LogP contribution in [0.3, 0.4) is 0 Å². The molecular formula is C18H30N6O. The van der Waals surface area contributed by atoms with Gasteiger partial charge in [0, 0.05) is 50.7 Å². The molecule has 0 radical (unpaired) electrons. The SMILES string of the molecule is CC(C)N1[C@@H](C(=O)NCCN(C)C)C[C@H]2CN(c3ncccn3)C[C@H]21. The molecule has 1 N–H and O–H groups in total. The second-order valence-corrected chi connectivity index (χ2v) is 7.67. The van der Waals surface area contributed by atoms with Crippen LogP contribution in [-0.4, -0.2) is 84.1 Å². The van der Waals surface area contributed by atoms with Gasteiger partial charge in [0.1, 0.15) is 0 Å². The van der Waals surface area contributed by atoms with Crippen molar-refractivity contribution < 1.29 is 4.79 Å². The Morgan fingerprint density at radius 3 is 2.68 bits per heavy atom. The number of hydrogen-bond acceptors (Lipinski definition) is 6. The smallest absolute Gasteiger partial charge is 0.237 e. The lowest BCUT2D eigenvalue weighted by Crippen LogP contribution is -2.51. The summed E-state index contributed by atoms with van der Waals surface area (Å²) in [6, 6.07) is 2.57. The van der Waals surface area contributed by atoms with Gasteiger partial charge in [-0.05, 0) is 46.3 Å². The molecule has 7 heteroatoms. The zero-order valence-corrected chi connectivity index (χ0v) is 15.7. The summed E-state index contributed by atoms with van der Waals surface area (Å²) < 4.78 is 0. The quantitative estimate of drug-likeness (QED) is 0.806. The summed E-state index contributed by atoms with van der Waals surface area (Å²) in [6.45, 7) is 7.77. The normalized spacial score (nSPS) is 26.5. The monoisotopic (exact) mass is 346 g/mol. The highest BCUT2D eigenvalue weighted by Gasteiger charge is 2.50. The molecule has 3 heterocycles. The number of carbonyl (C=O) groups is 1.